The molecule has 3 rings (SSSR count). The van der Waals surface area contributed by atoms with Gasteiger partial charge in [-0.15, -0.1) is 0 Å². The summed E-state index contributed by atoms with van der Waals surface area (Å²) in [6, 6.07) is 2.21. The summed E-state index contributed by atoms with van der Waals surface area (Å²) in [6.45, 7) is 7.55. The molecule has 2 fully saturated rings. The summed E-state index contributed by atoms with van der Waals surface area (Å²) in [4.78, 5) is 38.5. The van der Waals surface area contributed by atoms with Crippen LogP contribution in [0.4, 0.5) is 11.6 Å². The molecule has 2 saturated heterocycles. The van der Waals surface area contributed by atoms with Crippen molar-refractivity contribution in [2.45, 2.75) is 39.2 Å². The second-order valence-electron chi connectivity index (χ2n) is 7.90. The second-order valence-corrected chi connectivity index (χ2v) is 7.90. The molecule has 8 heteroatoms. The highest BCUT2D eigenvalue weighted by Crippen LogP contribution is 2.20. The summed E-state index contributed by atoms with van der Waals surface area (Å²) < 4.78 is 0. The molecule has 0 spiro atoms. The molecule has 2 amide bonds. The number of anilines is 2. The van der Waals surface area contributed by atoms with Crippen molar-refractivity contribution in [3.05, 3.63) is 12.4 Å². The molecule has 1 aromatic heterocycles. The summed E-state index contributed by atoms with van der Waals surface area (Å²) in [7, 11) is 1.82. The summed E-state index contributed by atoms with van der Waals surface area (Å²) >= 11 is 0. The molecule has 0 aliphatic carbocycles. The van der Waals surface area contributed by atoms with Crippen LogP contribution in [0.15, 0.2) is 12.4 Å². The molecule has 2 aliphatic heterocycles. The van der Waals surface area contributed by atoms with Crippen molar-refractivity contribution >= 4 is 23.5 Å². The summed E-state index contributed by atoms with van der Waals surface area (Å²) in [5.74, 6) is 2.31. The van der Waals surface area contributed by atoms with E-state index in [2.05, 4.69) is 29.1 Å². The fraction of sp³-hybridized carbons (Fsp3) is 0.684. The van der Waals surface area contributed by atoms with E-state index in [4.69, 9.17) is 0 Å². The first-order valence-corrected chi connectivity index (χ1v) is 9.77. The maximum Gasteiger partial charge on any atom is 0.241 e. The Bertz CT molecular complexity index is 672. The molecular formula is C19H30N6O2. The van der Waals surface area contributed by atoms with Crippen molar-refractivity contribution in [1.82, 2.24) is 19.8 Å². The molecule has 27 heavy (non-hydrogen) atoms. The van der Waals surface area contributed by atoms with Gasteiger partial charge in [-0.2, -0.15) is 0 Å². The molecule has 0 radical (unpaired) electrons. The average Bonchev–Trinajstić information content (AvgIpc) is 2.64. The predicted octanol–water partition coefficient (Wildman–Crippen LogP) is 1.20. The molecule has 0 unspecified atom stereocenters. The van der Waals surface area contributed by atoms with Crippen molar-refractivity contribution in [1.29, 1.82) is 0 Å². The molecular weight excluding hydrogens is 344 g/mol. The molecule has 0 bridgehead atoms. The van der Waals surface area contributed by atoms with Crippen LogP contribution in [0.1, 0.15) is 33.1 Å². The quantitative estimate of drug-likeness (QED) is 0.834. The van der Waals surface area contributed by atoms with Crippen LogP contribution in [-0.2, 0) is 9.59 Å². The smallest absolute Gasteiger partial charge is 0.241 e. The number of likely N-dealkylation sites (N-methyl/N-ethyl adjacent to an activating group) is 1. The molecule has 0 aromatic carbocycles. The zero-order chi connectivity index (χ0) is 19.4. The molecule has 2 aliphatic rings. The number of aromatic nitrogens is 2. The lowest BCUT2D eigenvalue weighted by Gasteiger charge is -2.34. The normalized spacial score (nSPS) is 19.0. The van der Waals surface area contributed by atoms with Gasteiger partial charge in [0.25, 0.3) is 0 Å². The van der Waals surface area contributed by atoms with Crippen molar-refractivity contribution in [2.24, 2.45) is 5.92 Å². The number of piperidine rings is 1. The molecule has 3 heterocycles. The van der Waals surface area contributed by atoms with Gasteiger partial charge in [-0.3, -0.25) is 9.59 Å². The largest absolute Gasteiger partial charge is 0.367 e. The number of carbonyl (C=O) groups is 2. The van der Waals surface area contributed by atoms with E-state index in [0.29, 0.717) is 31.5 Å². The predicted molar refractivity (Wildman–Crippen MR) is 105 cm³/mol. The highest BCUT2D eigenvalue weighted by atomic mass is 16.2. The maximum absolute atomic E-state index is 12.2. The van der Waals surface area contributed by atoms with Crippen LogP contribution in [0, 0.1) is 5.92 Å². The second kappa shape index (κ2) is 8.54. The number of carbonyl (C=O) groups excluding carboxylic acids is 2. The van der Waals surface area contributed by atoms with Crippen LogP contribution in [0.5, 0.6) is 0 Å². The monoisotopic (exact) mass is 374 g/mol. The molecule has 1 N–H and O–H groups in total. The Hall–Kier alpha value is -2.38. The van der Waals surface area contributed by atoms with Gasteiger partial charge >= 0.3 is 0 Å². The topological polar surface area (TPSA) is 81.7 Å². The standard InChI is InChI=1S/C19H30N6O2/c1-14(2)10-18(26)24-6-4-15(5-7-24)22-16-11-17(21-13-20-16)25-9-8-23(3)19(27)12-25/h11,13-15H,4-10,12H2,1-3H3,(H,20,21,22). The van der Waals surface area contributed by atoms with Crippen LogP contribution >= 0.6 is 0 Å². The summed E-state index contributed by atoms with van der Waals surface area (Å²) in [5.41, 5.74) is 0. The van der Waals surface area contributed by atoms with Gasteiger partial charge in [0, 0.05) is 51.8 Å². The molecule has 8 nitrogen and oxygen atoms in total. The van der Waals surface area contributed by atoms with Crippen LogP contribution in [-0.4, -0.2) is 77.4 Å². The number of hydrogen-bond donors (Lipinski definition) is 1. The first-order chi connectivity index (χ1) is 12.9. The Labute approximate surface area is 160 Å². The first-order valence-electron chi connectivity index (χ1n) is 9.77. The fourth-order valence-electron chi connectivity index (χ4n) is 3.51. The van der Waals surface area contributed by atoms with Crippen molar-refractivity contribution in [2.75, 3.05) is 50.0 Å². The number of hydrogen-bond acceptors (Lipinski definition) is 6. The lowest BCUT2D eigenvalue weighted by Crippen LogP contribution is -2.48. The van der Waals surface area contributed by atoms with Gasteiger partial charge in [0.1, 0.15) is 18.0 Å². The van der Waals surface area contributed by atoms with Gasteiger partial charge in [0.15, 0.2) is 0 Å². The minimum atomic E-state index is 0.104. The van der Waals surface area contributed by atoms with Crippen molar-refractivity contribution in [3.8, 4) is 0 Å². The number of nitrogens with zero attached hydrogens (tertiary/aromatic N) is 5. The third kappa shape index (κ3) is 5.08. The Morgan fingerprint density at radius 1 is 1.22 bits per heavy atom. The Morgan fingerprint density at radius 3 is 2.63 bits per heavy atom. The van der Waals surface area contributed by atoms with E-state index in [1.807, 2.05) is 22.9 Å². The van der Waals surface area contributed by atoms with Crippen molar-refractivity contribution < 1.29 is 9.59 Å². The van der Waals surface area contributed by atoms with Gasteiger partial charge in [0.05, 0.1) is 6.54 Å². The van der Waals surface area contributed by atoms with E-state index < -0.39 is 0 Å². The maximum atomic E-state index is 12.2. The lowest BCUT2D eigenvalue weighted by molar-refractivity contribution is -0.133. The van der Waals surface area contributed by atoms with Crippen LogP contribution in [0.2, 0.25) is 0 Å². The number of rotatable bonds is 5. The van der Waals surface area contributed by atoms with E-state index in [1.54, 1.807) is 11.2 Å². The molecule has 1 aromatic rings. The third-order valence-electron chi connectivity index (χ3n) is 5.22. The number of nitrogens with one attached hydrogen (secondary N) is 1. The van der Waals surface area contributed by atoms with Crippen LogP contribution < -0.4 is 10.2 Å². The zero-order valence-electron chi connectivity index (χ0n) is 16.5. The molecule has 148 valence electrons. The van der Waals surface area contributed by atoms with E-state index in [-0.39, 0.29) is 11.8 Å². The van der Waals surface area contributed by atoms with Crippen LogP contribution in [0.25, 0.3) is 0 Å². The summed E-state index contributed by atoms with van der Waals surface area (Å²) in [5, 5.41) is 3.47. The fourth-order valence-corrected chi connectivity index (χ4v) is 3.51. The third-order valence-corrected chi connectivity index (χ3v) is 5.22. The highest BCUT2D eigenvalue weighted by molar-refractivity contribution is 5.82. The molecule has 0 saturated carbocycles. The summed E-state index contributed by atoms with van der Waals surface area (Å²) in [6.07, 6.45) is 3.99. The van der Waals surface area contributed by atoms with Gasteiger partial charge in [-0.1, -0.05) is 13.8 Å². The Morgan fingerprint density at radius 2 is 1.96 bits per heavy atom. The van der Waals surface area contributed by atoms with E-state index in [1.165, 1.54) is 0 Å². The number of piperazine rings is 1. The lowest BCUT2D eigenvalue weighted by atomic mass is 10.0. The van der Waals surface area contributed by atoms with E-state index in [0.717, 1.165) is 44.1 Å². The van der Waals surface area contributed by atoms with Gasteiger partial charge in [-0.05, 0) is 18.8 Å². The van der Waals surface area contributed by atoms with Gasteiger partial charge < -0.3 is 20.0 Å². The van der Waals surface area contributed by atoms with Gasteiger partial charge in [0.2, 0.25) is 11.8 Å². The number of amides is 2. The van der Waals surface area contributed by atoms with Crippen molar-refractivity contribution in [3.63, 3.8) is 0 Å². The minimum Gasteiger partial charge on any atom is -0.367 e. The van der Waals surface area contributed by atoms with Crippen LogP contribution in [0.3, 0.4) is 0 Å². The zero-order valence-corrected chi connectivity index (χ0v) is 16.5. The Balaban J connectivity index is 1.53. The van der Waals surface area contributed by atoms with Gasteiger partial charge in [-0.25, -0.2) is 9.97 Å². The Kier molecular flexibility index (Phi) is 6.13. The minimum absolute atomic E-state index is 0.104. The highest BCUT2D eigenvalue weighted by Gasteiger charge is 2.25. The first kappa shape index (κ1) is 19.4. The SMILES string of the molecule is CC(C)CC(=O)N1CCC(Nc2cc(N3CCN(C)C(=O)C3)ncn2)CC1. The van der Waals surface area contributed by atoms with E-state index in [9.17, 15) is 9.59 Å². The number of likely N-dealkylation sites (tertiary alicyclic amines) is 1. The average molecular weight is 374 g/mol. The molecule has 0 atom stereocenters. The van der Waals surface area contributed by atoms with E-state index >= 15 is 0 Å².